The van der Waals surface area contributed by atoms with Crippen molar-refractivity contribution in [2.45, 2.75) is 32.1 Å². The van der Waals surface area contributed by atoms with Crippen molar-refractivity contribution in [2.24, 2.45) is 0 Å². The molecule has 8 nitrogen and oxygen atoms in total. The first-order valence-corrected chi connectivity index (χ1v) is 17.8. The molecule has 0 bridgehead atoms. The highest BCUT2D eigenvalue weighted by molar-refractivity contribution is 9.10. The molecule has 0 saturated carbocycles. The number of aromatic nitrogens is 6. The summed E-state index contributed by atoms with van der Waals surface area (Å²) in [5.74, 6) is -1.64. The quantitative estimate of drug-likeness (QED) is 0.155. The number of rotatable bonds is 7. The van der Waals surface area contributed by atoms with Gasteiger partial charge in [0.05, 0.1) is 33.9 Å². The van der Waals surface area contributed by atoms with E-state index in [-0.39, 0.29) is 55.7 Å². The van der Waals surface area contributed by atoms with Gasteiger partial charge in [-0.1, -0.05) is 64.5 Å². The lowest BCUT2D eigenvalue weighted by Gasteiger charge is -2.18. The number of hydrogen-bond acceptors (Lipinski definition) is 8. The molecule has 0 aliphatic carbocycles. The van der Waals surface area contributed by atoms with Crippen molar-refractivity contribution in [2.75, 3.05) is 0 Å². The number of alkyl halides is 6. The van der Waals surface area contributed by atoms with Crippen molar-refractivity contribution in [1.82, 2.24) is 29.5 Å². The molecule has 2 N–H and O–H groups in total. The molecular weight excluding hydrogens is 794 g/mol. The minimum atomic E-state index is -4.62. The fourth-order valence-corrected chi connectivity index (χ4v) is 7.82. The number of halogens is 7. The molecule has 0 unspecified atom stereocenters. The zero-order valence-electron chi connectivity index (χ0n) is 26.7. The maximum absolute atomic E-state index is 13.8. The van der Waals surface area contributed by atoms with Crippen molar-refractivity contribution in [1.29, 1.82) is 0 Å². The molecule has 4 aromatic heterocycles. The van der Waals surface area contributed by atoms with Crippen LogP contribution in [0.1, 0.15) is 45.1 Å². The lowest BCUT2D eigenvalue weighted by molar-refractivity contribution is -0.137. The van der Waals surface area contributed by atoms with Crippen LogP contribution in [-0.2, 0) is 12.4 Å². The molecule has 266 valence electrons. The van der Waals surface area contributed by atoms with E-state index in [9.17, 15) is 36.6 Å². The second kappa shape index (κ2) is 13.2. The predicted octanol–water partition coefficient (Wildman–Crippen LogP) is 10.3. The topological polar surface area (TPSA) is 102 Å². The van der Waals surface area contributed by atoms with Crippen molar-refractivity contribution in [3.63, 3.8) is 0 Å². The standard InChI is InChI=1S/C35H23BrF6N6O2S2/c1-17-27(30(49)47(45-17)32-43-25(15-51-32)21-7-3-5-9-23(21)34(37,38)39)29(19-11-13-20(36)14-12-19)28-18(2)46-48(31(28)50)33-44-26(16-52-33)22-8-4-6-10-24(22)35(40,41)42/h3-16,29,49-50H,1-2H3. The monoisotopic (exact) mass is 816 g/mol. The first-order chi connectivity index (χ1) is 24.6. The van der Waals surface area contributed by atoms with E-state index in [1.165, 1.54) is 47.2 Å². The Bertz CT molecular complexity index is 2290. The summed E-state index contributed by atoms with van der Waals surface area (Å²) in [6.45, 7) is 3.26. The highest BCUT2D eigenvalue weighted by Crippen LogP contribution is 2.46. The van der Waals surface area contributed by atoms with Crippen LogP contribution in [-0.4, -0.2) is 39.7 Å². The van der Waals surface area contributed by atoms with Gasteiger partial charge in [-0.3, -0.25) is 0 Å². The van der Waals surface area contributed by atoms with E-state index in [0.29, 0.717) is 17.0 Å². The first kappa shape index (κ1) is 35.4. The Morgan fingerprint density at radius 2 is 1.04 bits per heavy atom. The number of aromatic hydroxyl groups is 2. The summed E-state index contributed by atoms with van der Waals surface area (Å²) in [7, 11) is 0. The molecule has 17 heteroatoms. The summed E-state index contributed by atoms with van der Waals surface area (Å²) in [5, 5.41) is 35.6. The summed E-state index contributed by atoms with van der Waals surface area (Å²) in [4.78, 5) is 8.79. The van der Waals surface area contributed by atoms with Crippen LogP contribution in [0.5, 0.6) is 11.8 Å². The number of hydrogen-bond donors (Lipinski definition) is 2. The Balaban J connectivity index is 1.33. The van der Waals surface area contributed by atoms with Crippen LogP contribution in [0.4, 0.5) is 26.3 Å². The summed E-state index contributed by atoms with van der Waals surface area (Å²) < 4.78 is 85.7. The summed E-state index contributed by atoms with van der Waals surface area (Å²) >= 11 is 5.39. The molecule has 7 aromatic rings. The zero-order valence-corrected chi connectivity index (χ0v) is 29.9. The molecule has 0 amide bonds. The van der Waals surface area contributed by atoms with Crippen molar-refractivity contribution < 1.29 is 36.6 Å². The number of aryl methyl sites for hydroxylation is 2. The molecule has 0 saturated heterocycles. The highest BCUT2D eigenvalue weighted by atomic mass is 79.9. The van der Waals surface area contributed by atoms with E-state index in [2.05, 4.69) is 36.1 Å². The summed E-state index contributed by atoms with van der Waals surface area (Å²) in [6.07, 6.45) is -9.23. The van der Waals surface area contributed by atoms with Crippen LogP contribution in [0.15, 0.2) is 88.0 Å². The Morgan fingerprint density at radius 1 is 0.635 bits per heavy atom. The largest absolute Gasteiger partial charge is 0.493 e. The van der Waals surface area contributed by atoms with Gasteiger partial charge in [0, 0.05) is 43.4 Å². The van der Waals surface area contributed by atoms with Crippen LogP contribution in [0, 0.1) is 13.8 Å². The molecule has 0 atom stereocenters. The predicted molar refractivity (Wildman–Crippen MR) is 187 cm³/mol. The molecular formula is C35H23BrF6N6O2S2. The van der Waals surface area contributed by atoms with Gasteiger partial charge in [0.25, 0.3) is 0 Å². The van der Waals surface area contributed by atoms with Gasteiger partial charge in [0.2, 0.25) is 22.0 Å². The molecule has 0 fully saturated rings. The Labute approximate surface area is 307 Å². The lowest BCUT2D eigenvalue weighted by atomic mass is 9.85. The molecule has 0 radical (unpaired) electrons. The van der Waals surface area contributed by atoms with Gasteiger partial charge in [-0.2, -0.15) is 45.9 Å². The minimum Gasteiger partial charge on any atom is -0.493 e. The van der Waals surface area contributed by atoms with Gasteiger partial charge in [-0.05, 0) is 43.7 Å². The van der Waals surface area contributed by atoms with E-state index in [4.69, 9.17) is 0 Å². The third kappa shape index (κ3) is 6.36. The minimum absolute atomic E-state index is 0.0435. The number of thiazole rings is 2. The van der Waals surface area contributed by atoms with Crippen LogP contribution in [0.2, 0.25) is 0 Å². The second-order valence-corrected chi connectivity index (χ2v) is 14.2. The van der Waals surface area contributed by atoms with Crippen LogP contribution in [0.3, 0.4) is 0 Å². The van der Waals surface area contributed by atoms with Crippen molar-refractivity contribution >= 4 is 38.6 Å². The van der Waals surface area contributed by atoms with Crippen LogP contribution < -0.4 is 0 Å². The van der Waals surface area contributed by atoms with Crippen molar-refractivity contribution in [3.05, 3.63) is 127 Å². The fraction of sp³-hybridized carbons (Fsp3) is 0.143. The lowest BCUT2D eigenvalue weighted by Crippen LogP contribution is -2.07. The van der Waals surface area contributed by atoms with Gasteiger partial charge in [-0.25, -0.2) is 9.97 Å². The van der Waals surface area contributed by atoms with E-state index in [0.717, 1.165) is 48.6 Å². The Kier molecular flexibility index (Phi) is 8.99. The van der Waals surface area contributed by atoms with Gasteiger partial charge in [0.1, 0.15) is 0 Å². The smallest absolute Gasteiger partial charge is 0.417 e. The van der Waals surface area contributed by atoms with Crippen molar-refractivity contribution in [3.8, 4) is 44.5 Å². The highest BCUT2D eigenvalue weighted by Gasteiger charge is 2.37. The molecule has 4 heterocycles. The SMILES string of the molecule is Cc1nn(-c2nc(-c3ccccc3C(F)(F)F)cs2)c(O)c1C(c1ccc(Br)cc1)c1c(C)nn(-c2nc(-c3ccccc3C(F)(F)F)cs2)c1O. The van der Waals surface area contributed by atoms with E-state index >= 15 is 0 Å². The molecule has 0 spiro atoms. The Hall–Kier alpha value is -5.00. The average Bonchev–Trinajstić information content (AvgIpc) is 3.89. The maximum atomic E-state index is 13.8. The van der Waals surface area contributed by atoms with E-state index in [1.54, 1.807) is 38.1 Å². The molecule has 0 aliphatic heterocycles. The third-order valence-electron chi connectivity index (χ3n) is 8.31. The molecule has 52 heavy (non-hydrogen) atoms. The summed E-state index contributed by atoms with van der Waals surface area (Å²) in [6, 6.07) is 17.2. The van der Waals surface area contributed by atoms with Gasteiger partial charge >= 0.3 is 12.4 Å². The maximum Gasteiger partial charge on any atom is 0.417 e. The van der Waals surface area contributed by atoms with Gasteiger partial charge < -0.3 is 10.2 Å². The Morgan fingerprint density at radius 3 is 1.44 bits per heavy atom. The number of nitrogens with zero attached hydrogens (tertiary/aromatic N) is 6. The van der Waals surface area contributed by atoms with E-state index in [1.807, 2.05) is 0 Å². The second-order valence-electron chi connectivity index (χ2n) is 11.6. The van der Waals surface area contributed by atoms with E-state index < -0.39 is 29.4 Å². The molecule has 7 rings (SSSR count). The van der Waals surface area contributed by atoms with Crippen LogP contribution in [0.25, 0.3) is 32.8 Å². The first-order valence-electron chi connectivity index (χ1n) is 15.2. The van der Waals surface area contributed by atoms with Crippen LogP contribution >= 0.6 is 38.6 Å². The molecule has 3 aromatic carbocycles. The van der Waals surface area contributed by atoms with Gasteiger partial charge in [-0.15, -0.1) is 22.7 Å². The number of benzene rings is 3. The fourth-order valence-electron chi connectivity index (χ4n) is 6.01. The zero-order chi connectivity index (χ0) is 37.1. The average molecular weight is 818 g/mol. The van der Waals surface area contributed by atoms with Gasteiger partial charge in [0.15, 0.2) is 0 Å². The summed E-state index contributed by atoms with van der Waals surface area (Å²) in [5.41, 5.74) is -0.122. The third-order valence-corrected chi connectivity index (χ3v) is 10.5. The normalized spacial score (nSPS) is 12.3. The molecule has 0 aliphatic rings.